The van der Waals surface area contributed by atoms with Crippen LogP contribution in [0.15, 0.2) is 65.1 Å². The molecule has 0 atom stereocenters. The SMILES string of the molecule is Cc1ccc(-c2ccc(/C=C/C(=O)NC(=S)Nc3ccccc3C#N)o2)cc1Cl. The minimum Gasteiger partial charge on any atom is -0.457 e. The standard InChI is InChI=1S/C22H16ClN3O2S/c1-14-6-7-15(12-18(14)23)20-10-8-17(28-20)9-11-21(27)26-22(29)25-19-5-3-2-4-16(19)13-24/h2-12H,1H3,(H2,25,26,27,29)/b11-9+. The van der Waals surface area contributed by atoms with E-state index in [-0.39, 0.29) is 5.11 Å². The number of carbonyl (C=O) groups is 1. The van der Waals surface area contributed by atoms with Gasteiger partial charge in [0.05, 0.1) is 11.3 Å². The summed E-state index contributed by atoms with van der Waals surface area (Å²) in [6.07, 6.45) is 2.86. The number of para-hydroxylation sites is 1. The fraction of sp³-hybridized carbons (Fsp3) is 0.0455. The molecule has 0 aliphatic carbocycles. The van der Waals surface area contributed by atoms with E-state index in [9.17, 15) is 4.79 Å². The molecular weight excluding hydrogens is 406 g/mol. The highest BCUT2D eigenvalue weighted by Crippen LogP contribution is 2.27. The maximum absolute atomic E-state index is 12.1. The Morgan fingerprint density at radius 3 is 2.76 bits per heavy atom. The fourth-order valence-electron chi connectivity index (χ4n) is 2.50. The Hall–Kier alpha value is -3.40. The van der Waals surface area contributed by atoms with Crippen LogP contribution in [0.25, 0.3) is 17.4 Å². The maximum atomic E-state index is 12.1. The monoisotopic (exact) mass is 421 g/mol. The molecule has 1 heterocycles. The Bertz CT molecular complexity index is 1140. The summed E-state index contributed by atoms with van der Waals surface area (Å²) in [5.41, 5.74) is 2.79. The first-order valence-corrected chi connectivity index (χ1v) is 9.40. The van der Waals surface area contributed by atoms with Gasteiger partial charge in [0.25, 0.3) is 0 Å². The van der Waals surface area contributed by atoms with Crippen LogP contribution in [-0.2, 0) is 4.79 Å². The molecule has 0 saturated heterocycles. The van der Waals surface area contributed by atoms with Crippen molar-refractivity contribution in [2.45, 2.75) is 6.92 Å². The zero-order valence-electron chi connectivity index (χ0n) is 15.4. The molecule has 0 unspecified atom stereocenters. The van der Waals surface area contributed by atoms with Crippen molar-refractivity contribution in [3.63, 3.8) is 0 Å². The Balaban J connectivity index is 1.61. The summed E-state index contributed by atoms with van der Waals surface area (Å²) < 4.78 is 5.74. The van der Waals surface area contributed by atoms with Crippen LogP contribution in [0.1, 0.15) is 16.9 Å². The van der Waals surface area contributed by atoms with Gasteiger partial charge in [0.15, 0.2) is 5.11 Å². The first-order chi connectivity index (χ1) is 14.0. The third-order valence-corrected chi connectivity index (χ3v) is 4.63. The second-order valence-corrected chi connectivity index (χ2v) is 6.92. The number of hydrogen-bond acceptors (Lipinski definition) is 4. The van der Waals surface area contributed by atoms with Gasteiger partial charge >= 0.3 is 0 Å². The van der Waals surface area contributed by atoms with Gasteiger partial charge in [-0.2, -0.15) is 5.26 Å². The summed E-state index contributed by atoms with van der Waals surface area (Å²) in [6.45, 7) is 1.93. The number of nitrogens with zero attached hydrogens (tertiary/aromatic N) is 1. The number of amides is 1. The first kappa shape index (κ1) is 20.3. The third kappa shape index (κ3) is 5.32. The lowest BCUT2D eigenvalue weighted by Gasteiger charge is -2.09. The van der Waals surface area contributed by atoms with Gasteiger partial charge < -0.3 is 9.73 Å². The average Bonchev–Trinajstić information content (AvgIpc) is 3.18. The third-order valence-electron chi connectivity index (χ3n) is 4.01. The van der Waals surface area contributed by atoms with Gasteiger partial charge in [-0.1, -0.05) is 35.9 Å². The number of thiocarbonyl (C=S) groups is 1. The molecule has 0 aliphatic rings. The van der Waals surface area contributed by atoms with E-state index in [4.69, 9.17) is 33.5 Å². The molecule has 29 heavy (non-hydrogen) atoms. The molecule has 0 bridgehead atoms. The van der Waals surface area contributed by atoms with Crippen LogP contribution < -0.4 is 10.6 Å². The number of anilines is 1. The van der Waals surface area contributed by atoms with Crippen molar-refractivity contribution in [1.29, 1.82) is 5.26 Å². The molecule has 144 valence electrons. The summed E-state index contributed by atoms with van der Waals surface area (Å²) in [5, 5.41) is 15.2. The summed E-state index contributed by atoms with van der Waals surface area (Å²) >= 11 is 11.3. The molecule has 0 radical (unpaired) electrons. The summed E-state index contributed by atoms with van der Waals surface area (Å²) in [6, 6.07) is 18.2. The van der Waals surface area contributed by atoms with E-state index in [1.807, 2.05) is 31.2 Å². The van der Waals surface area contributed by atoms with Gasteiger partial charge in [-0.3, -0.25) is 10.1 Å². The number of nitrogens with one attached hydrogen (secondary N) is 2. The van der Waals surface area contributed by atoms with Gasteiger partial charge in [-0.05, 0) is 61.1 Å². The summed E-state index contributed by atoms with van der Waals surface area (Å²) in [4.78, 5) is 12.1. The number of furan rings is 1. The van der Waals surface area contributed by atoms with Crippen LogP contribution >= 0.6 is 23.8 Å². The van der Waals surface area contributed by atoms with E-state index in [0.717, 1.165) is 11.1 Å². The van der Waals surface area contributed by atoms with Crippen LogP contribution in [0.2, 0.25) is 5.02 Å². The predicted molar refractivity (Wildman–Crippen MR) is 118 cm³/mol. The summed E-state index contributed by atoms with van der Waals surface area (Å²) in [7, 11) is 0. The van der Waals surface area contributed by atoms with Crippen molar-refractivity contribution in [3.05, 3.63) is 82.6 Å². The largest absolute Gasteiger partial charge is 0.457 e. The van der Waals surface area contributed by atoms with Crippen LogP contribution in [0.4, 0.5) is 5.69 Å². The zero-order chi connectivity index (χ0) is 20.8. The summed E-state index contributed by atoms with van der Waals surface area (Å²) in [5.74, 6) is 0.742. The van der Waals surface area contributed by atoms with Gasteiger partial charge in [-0.15, -0.1) is 0 Å². The average molecular weight is 422 g/mol. The second kappa shape index (κ2) is 9.20. The molecule has 5 nitrogen and oxygen atoms in total. The zero-order valence-corrected chi connectivity index (χ0v) is 17.0. The van der Waals surface area contributed by atoms with Crippen molar-refractivity contribution in [1.82, 2.24) is 5.32 Å². The number of benzene rings is 2. The van der Waals surface area contributed by atoms with Crippen molar-refractivity contribution in [3.8, 4) is 17.4 Å². The molecule has 1 aromatic heterocycles. The molecule has 3 rings (SSSR count). The molecular formula is C22H16ClN3O2S. The Labute approximate surface area is 178 Å². The predicted octanol–water partition coefficient (Wildman–Crippen LogP) is 5.31. The van der Waals surface area contributed by atoms with Gasteiger partial charge in [-0.25, -0.2) is 0 Å². The molecule has 0 saturated carbocycles. The molecule has 0 fully saturated rings. The van der Waals surface area contributed by atoms with Crippen LogP contribution in [0.3, 0.4) is 0 Å². The number of aryl methyl sites for hydroxylation is 1. The van der Waals surface area contributed by atoms with E-state index < -0.39 is 5.91 Å². The van der Waals surface area contributed by atoms with E-state index in [1.54, 1.807) is 36.4 Å². The fourth-order valence-corrected chi connectivity index (χ4v) is 2.89. The quantitative estimate of drug-likeness (QED) is 0.441. The van der Waals surface area contributed by atoms with Crippen molar-refractivity contribution in [2.75, 3.05) is 5.32 Å². The smallest absolute Gasteiger partial charge is 0.250 e. The first-order valence-electron chi connectivity index (χ1n) is 8.62. The Kier molecular flexibility index (Phi) is 6.45. The number of carbonyl (C=O) groups excluding carboxylic acids is 1. The van der Waals surface area contributed by atoms with Crippen molar-refractivity contribution < 1.29 is 9.21 Å². The van der Waals surface area contributed by atoms with Gasteiger partial charge in [0.2, 0.25) is 5.91 Å². The lowest BCUT2D eigenvalue weighted by atomic mass is 10.1. The normalized spacial score (nSPS) is 10.5. The van der Waals surface area contributed by atoms with E-state index >= 15 is 0 Å². The van der Waals surface area contributed by atoms with Gasteiger partial charge in [0, 0.05) is 16.7 Å². The molecule has 0 spiro atoms. The van der Waals surface area contributed by atoms with Gasteiger partial charge in [0.1, 0.15) is 17.6 Å². The van der Waals surface area contributed by atoms with Crippen LogP contribution in [0.5, 0.6) is 0 Å². The molecule has 7 heteroatoms. The minimum atomic E-state index is -0.423. The number of rotatable bonds is 4. The maximum Gasteiger partial charge on any atom is 0.250 e. The Morgan fingerprint density at radius 2 is 2.00 bits per heavy atom. The molecule has 1 amide bonds. The van der Waals surface area contributed by atoms with Crippen molar-refractivity contribution in [2.24, 2.45) is 0 Å². The highest BCUT2D eigenvalue weighted by Gasteiger charge is 2.07. The molecule has 2 N–H and O–H groups in total. The second-order valence-electron chi connectivity index (χ2n) is 6.10. The number of halogens is 1. The highest BCUT2D eigenvalue weighted by atomic mass is 35.5. The van der Waals surface area contributed by atoms with Crippen LogP contribution in [0, 0.1) is 18.3 Å². The number of nitriles is 1. The lowest BCUT2D eigenvalue weighted by Crippen LogP contribution is -2.33. The molecule has 0 aliphatic heterocycles. The topological polar surface area (TPSA) is 78.1 Å². The van der Waals surface area contributed by atoms with E-state index in [1.165, 1.54) is 6.08 Å². The number of hydrogen-bond donors (Lipinski definition) is 2. The van der Waals surface area contributed by atoms with Crippen LogP contribution in [-0.4, -0.2) is 11.0 Å². The molecule has 2 aromatic carbocycles. The lowest BCUT2D eigenvalue weighted by molar-refractivity contribution is -0.115. The van der Waals surface area contributed by atoms with E-state index in [0.29, 0.717) is 27.8 Å². The van der Waals surface area contributed by atoms with Crippen molar-refractivity contribution >= 4 is 46.6 Å². The van der Waals surface area contributed by atoms with E-state index in [2.05, 4.69) is 16.7 Å². The minimum absolute atomic E-state index is 0.0942. The highest BCUT2D eigenvalue weighted by molar-refractivity contribution is 7.80. The molecule has 3 aromatic rings. The Morgan fingerprint density at radius 1 is 1.21 bits per heavy atom.